The minimum absolute atomic E-state index is 0.482. The van der Waals surface area contributed by atoms with E-state index in [-0.39, 0.29) is 0 Å². The Morgan fingerprint density at radius 2 is 2.26 bits per heavy atom. The molecular weight excluding hydrogens is 236 g/mol. The summed E-state index contributed by atoms with van der Waals surface area (Å²) in [7, 11) is 0. The molecule has 1 atom stereocenters. The van der Waals surface area contributed by atoms with Crippen molar-refractivity contribution in [3.8, 4) is 0 Å². The first-order chi connectivity index (χ1) is 9.42. The van der Waals surface area contributed by atoms with Crippen LogP contribution in [0.5, 0.6) is 0 Å². The Bertz CT molecular complexity index is 535. The van der Waals surface area contributed by atoms with Crippen LogP contribution in [-0.4, -0.2) is 24.2 Å². The minimum atomic E-state index is 0.482. The van der Waals surface area contributed by atoms with Crippen LogP contribution in [-0.2, 0) is 11.3 Å². The van der Waals surface area contributed by atoms with Crippen molar-refractivity contribution in [2.45, 2.75) is 31.9 Å². The summed E-state index contributed by atoms with van der Waals surface area (Å²) in [5, 5.41) is 5.96. The van der Waals surface area contributed by atoms with Gasteiger partial charge in [0.25, 0.3) is 0 Å². The van der Waals surface area contributed by atoms with Crippen LogP contribution in [0.2, 0.25) is 0 Å². The average Bonchev–Trinajstić information content (AvgIpc) is 2.97. The van der Waals surface area contributed by atoms with E-state index in [0.717, 1.165) is 26.1 Å². The van der Waals surface area contributed by atoms with E-state index in [2.05, 4.69) is 34.6 Å². The van der Waals surface area contributed by atoms with Gasteiger partial charge in [-0.1, -0.05) is 12.1 Å². The van der Waals surface area contributed by atoms with Crippen LogP contribution < -0.4 is 5.32 Å². The standard InChI is InChI=1S/C16H20N2O/c1-2-16(19-9-1)6-8-17-11-13-3-4-15-12-18-7-5-14(15)10-13/h3-5,7,10,12,16-17H,1-2,6,8-9,11H2. The van der Waals surface area contributed by atoms with Crippen LogP contribution in [0.15, 0.2) is 36.7 Å². The van der Waals surface area contributed by atoms with Gasteiger partial charge in [0.15, 0.2) is 0 Å². The van der Waals surface area contributed by atoms with E-state index in [1.165, 1.54) is 29.2 Å². The molecule has 1 aliphatic rings. The predicted molar refractivity (Wildman–Crippen MR) is 77.0 cm³/mol. The third-order valence-corrected chi connectivity index (χ3v) is 3.70. The zero-order chi connectivity index (χ0) is 12.9. The second-order valence-corrected chi connectivity index (χ2v) is 5.16. The van der Waals surface area contributed by atoms with Crippen LogP contribution in [0.25, 0.3) is 10.8 Å². The van der Waals surface area contributed by atoms with E-state index in [9.17, 15) is 0 Å². The van der Waals surface area contributed by atoms with E-state index in [4.69, 9.17) is 4.74 Å². The first-order valence-electron chi connectivity index (χ1n) is 7.07. The number of rotatable bonds is 5. The van der Waals surface area contributed by atoms with Crippen molar-refractivity contribution < 1.29 is 4.74 Å². The molecule has 100 valence electrons. The topological polar surface area (TPSA) is 34.1 Å². The number of benzene rings is 1. The molecule has 1 unspecified atom stereocenters. The fourth-order valence-electron chi connectivity index (χ4n) is 2.61. The lowest BCUT2D eigenvalue weighted by atomic mass is 10.1. The number of pyridine rings is 1. The van der Waals surface area contributed by atoms with E-state index in [1.807, 2.05) is 12.4 Å². The summed E-state index contributed by atoms with van der Waals surface area (Å²) in [5.41, 5.74) is 1.33. The van der Waals surface area contributed by atoms with Gasteiger partial charge in [0.05, 0.1) is 6.10 Å². The largest absolute Gasteiger partial charge is 0.378 e. The molecule has 3 heteroatoms. The lowest BCUT2D eigenvalue weighted by Gasteiger charge is -2.10. The van der Waals surface area contributed by atoms with E-state index in [1.54, 1.807) is 0 Å². The van der Waals surface area contributed by atoms with E-state index < -0.39 is 0 Å². The van der Waals surface area contributed by atoms with Crippen LogP contribution in [0, 0.1) is 0 Å². The van der Waals surface area contributed by atoms with Gasteiger partial charge in [0, 0.05) is 30.9 Å². The quantitative estimate of drug-likeness (QED) is 0.835. The maximum absolute atomic E-state index is 5.62. The Hall–Kier alpha value is -1.45. The second kappa shape index (κ2) is 6.13. The highest BCUT2D eigenvalue weighted by Crippen LogP contribution is 2.15. The average molecular weight is 256 g/mol. The Morgan fingerprint density at radius 3 is 3.16 bits per heavy atom. The van der Waals surface area contributed by atoms with Gasteiger partial charge >= 0.3 is 0 Å². The van der Waals surface area contributed by atoms with Gasteiger partial charge in [0.1, 0.15) is 0 Å². The number of hydrogen-bond donors (Lipinski definition) is 1. The fraction of sp³-hybridized carbons (Fsp3) is 0.438. The van der Waals surface area contributed by atoms with Gasteiger partial charge in [-0.15, -0.1) is 0 Å². The summed E-state index contributed by atoms with van der Waals surface area (Å²) in [6, 6.07) is 8.60. The Labute approximate surface area is 114 Å². The maximum Gasteiger partial charge on any atom is 0.0588 e. The monoisotopic (exact) mass is 256 g/mol. The predicted octanol–water partition coefficient (Wildman–Crippen LogP) is 2.89. The zero-order valence-electron chi connectivity index (χ0n) is 11.1. The van der Waals surface area contributed by atoms with Gasteiger partial charge in [0.2, 0.25) is 0 Å². The molecule has 1 aliphatic heterocycles. The van der Waals surface area contributed by atoms with Crippen LogP contribution >= 0.6 is 0 Å². The maximum atomic E-state index is 5.62. The summed E-state index contributed by atoms with van der Waals surface area (Å²) in [6.07, 6.45) is 7.81. The summed E-state index contributed by atoms with van der Waals surface area (Å²) in [4.78, 5) is 4.13. The molecule has 2 heterocycles. The fourth-order valence-corrected chi connectivity index (χ4v) is 2.61. The summed E-state index contributed by atoms with van der Waals surface area (Å²) in [5.74, 6) is 0. The lowest BCUT2D eigenvalue weighted by molar-refractivity contribution is 0.104. The number of ether oxygens (including phenoxy) is 1. The molecule has 19 heavy (non-hydrogen) atoms. The zero-order valence-corrected chi connectivity index (χ0v) is 11.1. The van der Waals surface area contributed by atoms with Gasteiger partial charge in [-0.25, -0.2) is 0 Å². The van der Waals surface area contributed by atoms with Crippen molar-refractivity contribution in [3.63, 3.8) is 0 Å². The van der Waals surface area contributed by atoms with Crippen molar-refractivity contribution >= 4 is 10.8 Å². The number of fused-ring (bicyclic) bond motifs is 1. The van der Waals surface area contributed by atoms with Gasteiger partial charge in [-0.2, -0.15) is 0 Å². The highest BCUT2D eigenvalue weighted by molar-refractivity contribution is 5.81. The smallest absolute Gasteiger partial charge is 0.0588 e. The van der Waals surface area contributed by atoms with Crippen molar-refractivity contribution in [2.75, 3.05) is 13.2 Å². The number of nitrogens with one attached hydrogen (secondary N) is 1. The molecule has 1 saturated heterocycles. The molecule has 0 amide bonds. The van der Waals surface area contributed by atoms with Crippen molar-refractivity contribution in [3.05, 3.63) is 42.2 Å². The molecule has 0 bridgehead atoms. The van der Waals surface area contributed by atoms with Crippen LogP contribution in [0.4, 0.5) is 0 Å². The summed E-state index contributed by atoms with van der Waals surface area (Å²) < 4.78 is 5.62. The SMILES string of the molecule is c1cc2cc(CNCCC3CCCO3)ccc2cn1. The molecule has 1 aromatic carbocycles. The molecule has 1 fully saturated rings. The van der Waals surface area contributed by atoms with E-state index >= 15 is 0 Å². The number of nitrogens with zero attached hydrogens (tertiary/aromatic N) is 1. The number of aromatic nitrogens is 1. The summed E-state index contributed by atoms with van der Waals surface area (Å²) >= 11 is 0. The molecule has 0 radical (unpaired) electrons. The summed E-state index contributed by atoms with van der Waals surface area (Å²) in [6.45, 7) is 2.90. The van der Waals surface area contributed by atoms with Gasteiger partial charge < -0.3 is 10.1 Å². The Kier molecular flexibility index (Phi) is 4.06. The third kappa shape index (κ3) is 3.31. The molecule has 1 aromatic heterocycles. The molecule has 3 rings (SSSR count). The first-order valence-corrected chi connectivity index (χ1v) is 7.07. The Morgan fingerprint density at radius 1 is 1.26 bits per heavy atom. The molecular formula is C16H20N2O. The highest BCUT2D eigenvalue weighted by atomic mass is 16.5. The van der Waals surface area contributed by atoms with Gasteiger partial charge in [-0.3, -0.25) is 4.98 Å². The lowest BCUT2D eigenvalue weighted by Crippen LogP contribution is -2.19. The molecule has 0 saturated carbocycles. The molecule has 0 spiro atoms. The Balaban J connectivity index is 1.50. The van der Waals surface area contributed by atoms with E-state index in [0.29, 0.717) is 6.10 Å². The number of hydrogen-bond acceptors (Lipinski definition) is 3. The van der Waals surface area contributed by atoms with Crippen LogP contribution in [0.3, 0.4) is 0 Å². The molecule has 0 aliphatic carbocycles. The van der Waals surface area contributed by atoms with Crippen molar-refractivity contribution in [1.29, 1.82) is 0 Å². The first kappa shape index (κ1) is 12.6. The van der Waals surface area contributed by atoms with Crippen molar-refractivity contribution in [1.82, 2.24) is 10.3 Å². The molecule has 3 nitrogen and oxygen atoms in total. The molecule has 2 aromatic rings. The highest BCUT2D eigenvalue weighted by Gasteiger charge is 2.14. The van der Waals surface area contributed by atoms with Crippen molar-refractivity contribution in [2.24, 2.45) is 0 Å². The van der Waals surface area contributed by atoms with Crippen LogP contribution in [0.1, 0.15) is 24.8 Å². The minimum Gasteiger partial charge on any atom is -0.378 e. The molecule has 1 N–H and O–H groups in total. The second-order valence-electron chi connectivity index (χ2n) is 5.16. The third-order valence-electron chi connectivity index (χ3n) is 3.70. The van der Waals surface area contributed by atoms with Gasteiger partial charge in [-0.05, 0) is 48.9 Å². The normalized spacial score (nSPS) is 19.1.